The van der Waals surface area contributed by atoms with Crippen molar-refractivity contribution in [3.63, 3.8) is 0 Å². The Morgan fingerprint density at radius 1 is 0.929 bits per heavy atom. The van der Waals surface area contributed by atoms with Crippen molar-refractivity contribution in [2.45, 2.75) is 92.4 Å². The van der Waals surface area contributed by atoms with Crippen LogP contribution in [0.1, 0.15) is 104 Å². The summed E-state index contributed by atoms with van der Waals surface area (Å²) in [5.41, 5.74) is 7.01. The van der Waals surface area contributed by atoms with Crippen LogP contribution in [0.3, 0.4) is 0 Å². The molecule has 1 heterocycles. The summed E-state index contributed by atoms with van der Waals surface area (Å²) < 4.78 is 0. The van der Waals surface area contributed by atoms with Crippen molar-refractivity contribution in [2.24, 2.45) is 11.8 Å². The van der Waals surface area contributed by atoms with E-state index < -0.39 is 0 Å². The van der Waals surface area contributed by atoms with Crippen LogP contribution >= 0.6 is 0 Å². The first-order chi connectivity index (χ1) is 19.6. The molecule has 1 aliphatic carbocycles. The quantitative estimate of drug-likeness (QED) is 0.111. The Labute approximate surface area is 265 Å². The minimum absolute atomic E-state index is 0. The molecule has 0 atom stereocenters. The summed E-state index contributed by atoms with van der Waals surface area (Å²) in [6.45, 7) is 17.2. The van der Waals surface area contributed by atoms with Crippen LogP contribution in [0.4, 0.5) is 0 Å². The molecule has 225 valence electrons. The minimum Gasteiger partial charge on any atom is -0.512 e. The zero-order valence-electron chi connectivity index (χ0n) is 26.3. The number of aliphatic hydroxyl groups excluding tert-OH is 1. The number of carbonyl (C=O) groups is 1. The first kappa shape index (κ1) is 33.6. The fourth-order valence-electron chi connectivity index (χ4n) is 6.00. The number of aliphatic hydroxyl groups is 1. The van der Waals surface area contributed by atoms with Crippen LogP contribution in [0.2, 0.25) is 0 Å². The molecular weight excluding hydrogens is 697 g/mol. The van der Waals surface area contributed by atoms with Gasteiger partial charge in [0.15, 0.2) is 5.78 Å². The van der Waals surface area contributed by atoms with Crippen molar-refractivity contribution >= 4 is 27.5 Å². The topological polar surface area (TPSA) is 63.1 Å². The molecule has 0 bridgehead atoms. The van der Waals surface area contributed by atoms with Crippen LogP contribution in [-0.2, 0) is 30.3 Å². The summed E-state index contributed by atoms with van der Waals surface area (Å²) >= 11 is 0. The molecule has 0 amide bonds. The number of aromatic nitrogens is 2. The molecule has 1 aliphatic rings. The van der Waals surface area contributed by atoms with Gasteiger partial charge in [0.05, 0.1) is 11.3 Å². The smallest absolute Gasteiger partial charge is 0.162 e. The molecule has 0 aliphatic heterocycles. The predicted molar refractivity (Wildman–Crippen MR) is 171 cm³/mol. The van der Waals surface area contributed by atoms with Gasteiger partial charge in [-0.3, -0.25) is 9.78 Å². The van der Waals surface area contributed by atoms with E-state index in [1.54, 1.807) is 6.33 Å². The fraction of sp³-hybridized carbons (Fsp3) is 0.432. The van der Waals surface area contributed by atoms with Crippen molar-refractivity contribution < 1.29 is 30.0 Å². The van der Waals surface area contributed by atoms with Gasteiger partial charge >= 0.3 is 0 Å². The van der Waals surface area contributed by atoms with Crippen LogP contribution in [0.5, 0.6) is 0 Å². The summed E-state index contributed by atoms with van der Waals surface area (Å²) in [4.78, 5) is 21.0. The fourth-order valence-corrected chi connectivity index (χ4v) is 6.00. The summed E-state index contributed by atoms with van der Waals surface area (Å²) in [5, 5.41) is 13.3. The van der Waals surface area contributed by atoms with Crippen molar-refractivity contribution in [1.29, 1.82) is 0 Å². The van der Waals surface area contributed by atoms with E-state index in [2.05, 4.69) is 86.2 Å². The van der Waals surface area contributed by atoms with E-state index in [-0.39, 0.29) is 48.9 Å². The molecule has 0 fully saturated rings. The second-order valence-electron chi connectivity index (χ2n) is 12.1. The van der Waals surface area contributed by atoms with Gasteiger partial charge in [-0.15, -0.1) is 23.6 Å². The molecule has 4 aromatic rings. The predicted octanol–water partition coefficient (Wildman–Crippen LogP) is 9.88. The van der Waals surface area contributed by atoms with Gasteiger partial charge in [-0.1, -0.05) is 96.2 Å². The Balaban J connectivity index is 0.000000263. The average Bonchev–Trinajstić information content (AvgIpc) is 2.96. The Bertz CT molecular complexity index is 1580. The van der Waals surface area contributed by atoms with Gasteiger partial charge in [0.1, 0.15) is 6.33 Å². The van der Waals surface area contributed by atoms with Crippen molar-refractivity contribution in [2.75, 3.05) is 0 Å². The average molecular weight is 742 g/mol. The Morgan fingerprint density at radius 3 is 2.19 bits per heavy atom. The number of rotatable bonds is 8. The van der Waals surface area contributed by atoms with E-state index in [1.807, 2.05) is 27.7 Å². The molecule has 1 radical (unpaired) electrons. The number of ketones is 1. The second-order valence-corrected chi connectivity index (χ2v) is 12.1. The molecule has 0 unspecified atom stereocenters. The van der Waals surface area contributed by atoms with Gasteiger partial charge < -0.3 is 5.11 Å². The summed E-state index contributed by atoms with van der Waals surface area (Å²) in [6, 6.07) is 19.0. The molecule has 1 N–H and O–H groups in total. The van der Waals surface area contributed by atoms with Gasteiger partial charge in [-0.2, -0.15) is 0 Å². The van der Waals surface area contributed by atoms with Crippen LogP contribution in [-0.4, -0.2) is 20.9 Å². The normalized spacial score (nSPS) is 13.6. The van der Waals surface area contributed by atoms with Crippen molar-refractivity contribution in [1.82, 2.24) is 9.97 Å². The van der Waals surface area contributed by atoms with E-state index in [9.17, 15) is 9.90 Å². The molecule has 1 aromatic heterocycles. The molecule has 0 saturated carbocycles. The molecule has 0 spiro atoms. The molecule has 5 heteroatoms. The molecule has 42 heavy (non-hydrogen) atoms. The van der Waals surface area contributed by atoms with E-state index in [4.69, 9.17) is 0 Å². The molecular formula is C37H45IrN2O2-. The summed E-state index contributed by atoms with van der Waals surface area (Å²) in [5.74, 6) is 1.01. The number of fused-ring (bicyclic) bond motifs is 3. The largest absolute Gasteiger partial charge is 0.512 e. The van der Waals surface area contributed by atoms with Crippen LogP contribution < -0.4 is 0 Å². The number of carbonyl (C=O) groups excluding carboxylic acids is 1. The zero-order valence-corrected chi connectivity index (χ0v) is 28.7. The van der Waals surface area contributed by atoms with E-state index >= 15 is 0 Å². The van der Waals surface area contributed by atoms with E-state index in [0.29, 0.717) is 5.92 Å². The van der Waals surface area contributed by atoms with Crippen LogP contribution in [0, 0.1) is 17.9 Å². The van der Waals surface area contributed by atoms with Gasteiger partial charge in [-0.25, -0.2) is 4.98 Å². The third kappa shape index (κ3) is 6.53. The molecule has 5 rings (SSSR count). The standard InChI is InChI=1S/C24H21N2.C13H24O2.Ir/c1-14(2)17-11-20-22-21(12-17)25-13-26-23(22)18-9-15-7-5-6-8-16(15)10-19(18)24(20,3)4;1-5-10(6-2)12(14)9-13(15)11(7-3)8-4;/h5-8,10-14H,1-4H3;9-11,14H,5-8H2,1-4H3;/q-1;;/b;12-9-;. The maximum Gasteiger partial charge on any atom is 0.162 e. The monoisotopic (exact) mass is 742 g/mol. The summed E-state index contributed by atoms with van der Waals surface area (Å²) in [7, 11) is 0. The number of allylic oxidation sites excluding steroid dienone is 2. The number of benzene rings is 3. The second kappa shape index (κ2) is 14.1. The molecule has 3 aromatic carbocycles. The number of hydrogen-bond acceptors (Lipinski definition) is 4. The Morgan fingerprint density at radius 2 is 1.57 bits per heavy atom. The van der Waals surface area contributed by atoms with Crippen molar-refractivity contribution in [3.8, 4) is 11.3 Å². The number of nitrogens with zero attached hydrogens (tertiary/aromatic N) is 2. The van der Waals surface area contributed by atoms with Gasteiger partial charge in [-0.05, 0) is 59.6 Å². The molecule has 0 saturated heterocycles. The van der Waals surface area contributed by atoms with E-state index in [0.717, 1.165) is 47.8 Å². The summed E-state index contributed by atoms with van der Waals surface area (Å²) in [6.07, 6.45) is 6.60. The van der Waals surface area contributed by atoms with Gasteiger partial charge in [0.2, 0.25) is 0 Å². The van der Waals surface area contributed by atoms with Gasteiger partial charge in [0, 0.05) is 43.7 Å². The SMILES string of the molecule is CC(C)c1cc2c3c(ncnc3c1)-c1[c-]c3ccccc3cc1C2(C)C.CCC(CC)C(=O)/C=C(\O)C(CC)CC.[Ir]. The third-order valence-corrected chi connectivity index (χ3v) is 8.88. The minimum atomic E-state index is -0.114. The maximum atomic E-state index is 11.7. The third-order valence-electron chi connectivity index (χ3n) is 8.88. The Hall–Kier alpha value is -2.88. The van der Waals surface area contributed by atoms with Crippen molar-refractivity contribution in [3.05, 3.63) is 83.4 Å². The molecule has 4 nitrogen and oxygen atoms in total. The maximum absolute atomic E-state index is 11.7. The van der Waals surface area contributed by atoms with Crippen LogP contribution in [0.25, 0.3) is 32.9 Å². The Kier molecular flexibility index (Phi) is 11.3. The van der Waals surface area contributed by atoms with E-state index in [1.165, 1.54) is 33.5 Å². The van der Waals surface area contributed by atoms with Gasteiger partial charge in [0.25, 0.3) is 0 Å². The first-order valence-corrected chi connectivity index (χ1v) is 15.3. The number of hydrogen-bond donors (Lipinski definition) is 1. The van der Waals surface area contributed by atoms with Crippen LogP contribution in [0.15, 0.2) is 60.6 Å². The first-order valence-electron chi connectivity index (χ1n) is 15.3. The zero-order chi connectivity index (χ0) is 29.9.